The van der Waals surface area contributed by atoms with Crippen LogP contribution in [0.5, 0.6) is 0 Å². The minimum atomic E-state index is 0.109. The van der Waals surface area contributed by atoms with E-state index >= 15 is 0 Å². The predicted molar refractivity (Wildman–Crippen MR) is 65.4 cm³/mol. The third-order valence-corrected chi connectivity index (χ3v) is 3.38. The summed E-state index contributed by atoms with van der Waals surface area (Å²) < 4.78 is 1.68. The van der Waals surface area contributed by atoms with Crippen LogP contribution in [0.2, 0.25) is 0 Å². The number of nitrogens with one attached hydrogen (secondary N) is 1. The van der Waals surface area contributed by atoms with Gasteiger partial charge in [-0.25, -0.2) is 4.68 Å². The molecular weight excluding hydrogens is 216 g/mol. The van der Waals surface area contributed by atoms with Gasteiger partial charge in [0.2, 0.25) is 0 Å². The van der Waals surface area contributed by atoms with Crippen molar-refractivity contribution in [3.63, 3.8) is 0 Å². The zero-order valence-corrected chi connectivity index (χ0v) is 10.3. The summed E-state index contributed by atoms with van der Waals surface area (Å²) in [4.78, 5) is 0. The highest BCUT2D eigenvalue weighted by atomic mass is 16.3. The molecule has 0 radical (unpaired) electrons. The smallest absolute Gasteiger partial charge is 0.0964 e. The SMILES string of the molecule is OCCn1cc(CNCC2CCCCC2)nn1. The van der Waals surface area contributed by atoms with Crippen molar-refractivity contribution in [3.05, 3.63) is 11.9 Å². The molecular formula is C12H22N4O. The van der Waals surface area contributed by atoms with Crippen LogP contribution in [-0.4, -0.2) is 33.3 Å². The van der Waals surface area contributed by atoms with Crippen molar-refractivity contribution >= 4 is 0 Å². The minimum Gasteiger partial charge on any atom is -0.394 e. The fraction of sp³-hybridized carbons (Fsp3) is 0.833. The van der Waals surface area contributed by atoms with Crippen LogP contribution < -0.4 is 5.32 Å². The lowest BCUT2D eigenvalue weighted by molar-refractivity contribution is 0.268. The summed E-state index contributed by atoms with van der Waals surface area (Å²) in [6, 6.07) is 0. The normalized spacial score (nSPS) is 17.5. The van der Waals surface area contributed by atoms with Crippen LogP contribution in [0.15, 0.2) is 6.20 Å². The molecule has 1 aromatic heterocycles. The predicted octanol–water partition coefficient (Wildman–Crippen LogP) is 0.940. The highest BCUT2D eigenvalue weighted by molar-refractivity contribution is 4.91. The third kappa shape index (κ3) is 4.09. The monoisotopic (exact) mass is 238 g/mol. The van der Waals surface area contributed by atoms with Crippen molar-refractivity contribution in [3.8, 4) is 0 Å². The largest absolute Gasteiger partial charge is 0.394 e. The van der Waals surface area contributed by atoms with Gasteiger partial charge in [0.05, 0.1) is 18.8 Å². The molecule has 2 N–H and O–H groups in total. The van der Waals surface area contributed by atoms with Gasteiger partial charge in [0.25, 0.3) is 0 Å². The molecule has 0 spiro atoms. The van der Waals surface area contributed by atoms with Crippen LogP contribution in [0.3, 0.4) is 0 Å². The lowest BCUT2D eigenvalue weighted by Crippen LogP contribution is -2.24. The van der Waals surface area contributed by atoms with E-state index in [1.165, 1.54) is 32.1 Å². The lowest BCUT2D eigenvalue weighted by Gasteiger charge is -2.21. The first-order chi connectivity index (χ1) is 8.38. The Morgan fingerprint density at radius 3 is 2.94 bits per heavy atom. The van der Waals surface area contributed by atoms with Crippen molar-refractivity contribution in [2.75, 3.05) is 13.2 Å². The van der Waals surface area contributed by atoms with Crippen LogP contribution in [0.1, 0.15) is 37.8 Å². The molecule has 0 aromatic carbocycles. The van der Waals surface area contributed by atoms with Crippen molar-refractivity contribution in [2.24, 2.45) is 5.92 Å². The number of nitrogens with zero attached hydrogens (tertiary/aromatic N) is 3. The van der Waals surface area contributed by atoms with Crippen LogP contribution in [0.25, 0.3) is 0 Å². The summed E-state index contributed by atoms with van der Waals surface area (Å²) in [7, 11) is 0. The van der Waals surface area contributed by atoms with Gasteiger partial charge in [-0.15, -0.1) is 5.10 Å². The highest BCUT2D eigenvalue weighted by Crippen LogP contribution is 2.22. The summed E-state index contributed by atoms with van der Waals surface area (Å²) in [5, 5.41) is 20.2. The lowest BCUT2D eigenvalue weighted by atomic mass is 9.89. The van der Waals surface area contributed by atoms with E-state index in [1.54, 1.807) is 4.68 Å². The first-order valence-electron chi connectivity index (χ1n) is 6.59. The standard InChI is InChI=1S/C12H22N4O/c17-7-6-16-10-12(14-15-16)9-13-8-11-4-2-1-3-5-11/h10-11,13,17H,1-9H2. The van der Waals surface area contributed by atoms with Crippen molar-refractivity contribution in [2.45, 2.75) is 45.2 Å². The molecule has 0 unspecified atom stereocenters. The number of aromatic nitrogens is 3. The van der Waals surface area contributed by atoms with Crippen LogP contribution in [-0.2, 0) is 13.1 Å². The third-order valence-electron chi connectivity index (χ3n) is 3.38. The Balaban J connectivity index is 1.66. The topological polar surface area (TPSA) is 63.0 Å². The van der Waals surface area contributed by atoms with E-state index < -0.39 is 0 Å². The van der Waals surface area contributed by atoms with Crippen LogP contribution >= 0.6 is 0 Å². The van der Waals surface area contributed by atoms with E-state index in [-0.39, 0.29) is 6.61 Å². The van der Waals surface area contributed by atoms with E-state index in [2.05, 4.69) is 15.6 Å². The van der Waals surface area contributed by atoms with Crippen molar-refractivity contribution in [1.29, 1.82) is 0 Å². The molecule has 0 atom stereocenters. The molecule has 1 aromatic rings. The molecule has 1 saturated carbocycles. The van der Waals surface area contributed by atoms with Gasteiger partial charge in [-0.1, -0.05) is 24.5 Å². The minimum absolute atomic E-state index is 0.109. The van der Waals surface area contributed by atoms with E-state index in [9.17, 15) is 0 Å². The maximum atomic E-state index is 8.77. The van der Waals surface area contributed by atoms with E-state index in [0.717, 1.165) is 24.7 Å². The molecule has 17 heavy (non-hydrogen) atoms. The first-order valence-corrected chi connectivity index (χ1v) is 6.59. The molecule has 0 amide bonds. The number of aliphatic hydroxyl groups excluding tert-OH is 1. The molecule has 1 aliphatic rings. The summed E-state index contributed by atoms with van der Waals surface area (Å²) in [6.45, 7) is 2.50. The second kappa shape index (κ2) is 6.71. The summed E-state index contributed by atoms with van der Waals surface area (Å²) in [5.74, 6) is 0.844. The second-order valence-corrected chi connectivity index (χ2v) is 4.83. The number of aliphatic hydroxyl groups is 1. The Labute approximate surface area is 102 Å². The van der Waals surface area contributed by atoms with Gasteiger partial charge in [0.1, 0.15) is 0 Å². The zero-order chi connectivity index (χ0) is 11.9. The van der Waals surface area contributed by atoms with E-state index in [0.29, 0.717) is 6.54 Å². The summed E-state index contributed by atoms with van der Waals surface area (Å²) >= 11 is 0. The average Bonchev–Trinajstić information content (AvgIpc) is 2.79. The number of hydrogen-bond donors (Lipinski definition) is 2. The van der Waals surface area contributed by atoms with Gasteiger partial charge >= 0.3 is 0 Å². The molecule has 96 valence electrons. The summed E-state index contributed by atoms with van der Waals surface area (Å²) in [6.07, 6.45) is 8.81. The number of rotatable bonds is 6. The molecule has 1 fully saturated rings. The molecule has 5 heteroatoms. The molecule has 1 heterocycles. The van der Waals surface area contributed by atoms with E-state index in [1.807, 2.05) is 6.20 Å². The van der Waals surface area contributed by atoms with Gasteiger partial charge in [-0.05, 0) is 25.3 Å². The van der Waals surface area contributed by atoms with Gasteiger partial charge in [-0.3, -0.25) is 0 Å². The van der Waals surface area contributed by atoms with Crippen LogP contribution in [0.4, 0.5) is 0 Å². The Kier molecular flexibility index (Phi) is 4.94. The molecule has 0 bridgehead atoms. The fourth-order valence-corrected chi connectivity index (χ4v) is 2.43. The maximum absolute atomic E-state index is 8.77. The Morgan fingerprint density at radius 2 is 2.18 bits per heavy atom. The van der Waals surface area contributed by atoms with Gasteiger partial charge in [0.15, 0.2) is 0 Å². The molecule has 2 rings (SSSR count). The summed E-state index contributed by atoms with van der Waals surface area (Å²) in [5.41, 5.74) is 0.953. The highest BCUT2D eigenvalue weighted by Gasteiger charge is 2.12. The van der Waals surface area contributed by atoms with Gasteiger partial charge in [-0.2, -0.15) is 0 Å². The molecule has 0 aliphatic heterocycles. The quantitative estimate of drug-likeness (QED) is 0.774. The average molecular weight is 238 g/mol. The van der Waals surface area contributed by atoms with Gasteiger partial charge in [0, 0.05) is 12.7 Å². The first kappa shape index (κ1) is 12.5. The molecule has 1 aliphatic carbocycles. The maximum Gasteiger partial charge on any atom is 0.0964 e. The zero-order valence-electron chi connectivity index (χ0n) is 10.3. The van der Waals surface area contributed by atoms with E-state index in [4.69, 9.17) is 5.11 Å². The fourth-order valence-electron chi connectivity index (χ4n) is 2.43. The molecule has 5 nitrogen and oxygen atoms in total. The van der Waals surface area contributed by atoms with Crippen LogP contribution in [0, 0.1) is 5.92 Å². The van der Waals surface area contributed by atoms with Gasteiger partial charge < -0.3 is 10.4 Å². The Morgan fingerprint density at radius 1 is 1.35 bits per heavy atom. The Bertz CT molecular complexity index is 320. The second-order valence-electron chi connectivity index (χ2n) is 4.83. The van der Waals surface area contributed by atoms with Crippen molar-refractivity contribution < 1.29 is 5.11 Å². The number of hydrogen-bond acceptors (Lipinski definition) is 4. The molecule has 0 saturated heterocycles. The Hall–Kier alpha value is -0.940. The van der Waals surface area contributed by atoms with Crippen molar-refractivity contribution in [1.82, 2.24) is 20.3 Å².